The Morgan fingerprint density at radius 3 is 2.94 bits per heavy atom. The number of carbonyl (C=O) groups is 2. The molecule has 0 spiro atoms. The fourth-order valence-corrected chi connectivity index (χ4v) is 2.05. The van der Waals surface area contributed by atoms with Gasteiger partial charge in [-0.25, -0.2) is 4.98 Å². The molecule has 0 saturated carbocycles. The number of hydrogen-bond donors (Lipinski definition) is 3. The van der Waals surface area contributed by atoms with Crippen molar-refractivity contribution in [3.8, 4) is 0 Å². The summed E-state index contributed by atoms with van der Waals surface area (Å²) >= 11 is 3.14. The molecule has 8 nitrogen and oxygen atoms in total. The average molecular weight is 304 g/mol. The Labute approximate surface area is 105 Å². The summed E-state index contributed by atoms with van der Waals surface area (Å²) in [7, 11) is 1.57. The number of anilines is 1. The van der Waals surface area contributed by atoms with E-state index in [-0.39, 0.29) is 18.1 Å². The van der Waals surface area contributed by atoms with Crippen molar-refractivity contribution in [3.63, 3.8) is 0 Å². The van der Waals surface area contributed by atoms with Crippen LogP contribution in [-0.4, -0.2) is 39.9 Å². The molecule has 0 fully saturated rings. The molecule has 0 radical (unpaired) electrons. The van der Waals surface area contributed by atoms with Crippen LogP contribution in [0.3, 0.4) is 0 Å². The molecule has 0 aliphatic carbocycles. The Balaban J connectivity index is 2.54. The van der Waals surface area contributed by atoms with Gasteiger partial charge in [-0.1, -0.05) is 0 Å². The number of nitrogens with two attached hydrogens (primary N) is 1. The Morgan fingerprint density at radius 1 is 1.71 bits per heavy atom. The third-order valence-electron chi connectivity index (χ3n) is 2.39. The van der Waals surface area contributed by atoms with Crippen LogP contribution in [-0.2, 0) is 11.3 Å². The minimum atomic E-state index is -1.14. The maximum atomic E-state index is 11.7. The average Bonchev–Trinajstić information content (AvgIpc) is 2.53. The minimum absolute atomic E-state index is 0.166. The highest BCUT2D eigenvalue weighted by molar-refractivity contribution is 9.10. The van der Waals surface area contributed by atoms with Crippen LogP contribution in [0.2, 0.25) is 0 Å². The van der Waals surface area contributed by atoms with Crippen molar-refractivity contribution in [2.45, 2.75) is 12.9 Å². The highest BCUT2D eigenvalue weighted by atomic mass is 79.9. The van der Waals surface area contributed by atoms with E-state index in [1.165, 1.54) is 9.47 Å². The summed E-state index contributed by atoms with van der Waals surface area (Å²) in [6, 6.07) is 0. The SMILES string of the molecule is CN1c2nc(Br)n(CC(N)=O)c2C(=O)NC1O. The van der Waals surface area contributed by atoms with Gasteiger partial charge in [0.05, 0.1) is 0 Å². The lowest BCUT2D eigenvalue weighted by molar-refractivity contribution is -0.118. The fourth-order valence-electron chi connectivity index (χ4n) is 1.58. The first-order chi connectivity index (χ1) is 7.91. The van der Waals surface area contributed by atoms with E-state index >= 15 is 0 Å². The Bertz CT molecular complexity index is 500. The number of rotatable bonds is 2. The Hall–Kier alpha value is -1.61. The van der Waals surface area contributed by atoms with Gasteiger partial charge in [-0.15, -0.1) is 0 Å². The first kappa shape index (κ1) is 11.9. The lowest BCUT2D eigenvalue weighted by Crippen LogP contribution is -2.51. The summed E-state index contributed by atoms with van der Waals surface area (Å²) in [4.78, 5) is 28.1. The molecule has 0 bridgehead atoms. The van der Waals surface area contributed by atoms with Gasteiger partial charge in [-0.3, -0.25) is 9.59 Å². The van der Waals surface area contributed by atoms with E-state index in [0.29, 0.717) is 4.73 Å². The van der Waals surface area contributed by atoms with Gasteiger partial charge in [0.15, 0.2) is 16.2 Å². The zero-order valence-corrected chi connectivity index (χ0v) is 10.4. The van der Waals surface area contributed by atoms with Gasteiger partial charge >= 0.3 is 0 Å². The third kappa shape index (κ3) is 1.87. The second-order valence-corrected chi connectivity index (χ2v) is 4.27. The molecule has 2 amide bonds. The molecule has 1 atom stereocenters. The van der Waals surface area contributed by atoms with E-state index in [1.807, 2.05) is 0 Å². The molecule has 4 N–H and O–H groups in total. The van der Waals surface area contributed by atoms with Gasteiger partial charge in [0.2, 0.25) is 12.3 Å². The van der Waals surface area contributed by atoms with E-state index in [0.717, 1.165) is 0 Å². The molecule has 1 unspecified atom stereocenters. The topological polar surface area (TPSA) is 113 Å². The van der Waals surface area contributed by atoms with Crippen molar-refractivity contribution in [3.05, 3.63) is 10.4 Å². The number of nitrogens with zero attached hydrogens (tertiary/aromatic N) is 3. The molecule has 1 aliphatic heterocycles. The molecule has 92 valence electrons. The van der Waals surface area contributed by atoms with Gasteiger partial charge in [0.25, 0.3) is 5.91 Å². The fraction of sp³-hybridized carbons (Fsp3) is 0.375. The van der Waals surface area contributed by atoms with Crippen LogP contribution in [0, 0.1) is 0 Å². The summed E-state index contributed by atoms with van der Waals surface area (Å²) in [5.41, 5.74) is 5.27. The normalized spacial score (nSPS) is 18.9. The molecule has 1 aliphatic rings. The number of nitrogens with one attached hydrogen (secondary N) is 1. The van der Waals surface area contributed by atoms with Crippen LogP contribution in [0.1, 0.15) is 10.5 Å². The molecule has 2 heterocycles. The second-order valence-electron chi connectivity index (χ2n) is 3.56. The number of aromatic nitrogens is 2. The van der Waals surface area contributed by atoms with Gasteiger partial charge in [0, 0.05) is 7.05 Å². The van der Waals surface area contributed by atoms with Crippen LogP contribution >= 0.6 is 15.9 Å². The van der Waals surface area contributed by atoms with Crippen molar-refractivity contribution in [2.24, 2.45) is 5.73 Å². The highest BCUT2D eigenvalue weighted by Gasteiger charge is 2.33. The molecule has 1 aromatic heterocycles. The number of fused-ring (bicyclic) bond motifs is 1. The minimum Gasteiger partial charge on any atom is -0.368 e. The summed E-state index contributed by atoms with van der Waals surface area (Å²) in [6.07, 6.45) is -1.14. The van der Waals surface area contributed by atoms with Crippen LogP contribution in [0.4, 0.5) is 5.82 Å². The van der Waals surface area contributed by atoms with Crippen LogP contribution in [0.25, 0.3) is 0 Å². The summed E-state index contributed by atoms with van der Waals surface area (Å²) in [5.74, 6) is -0.813. The van der Waals surface area contributed by atoms with Crippen molar-refractivity contribution in [2.75, 3.05) is 11.9 Å². The molecule has 9 heteroatoms. The summed E-state index contributed by atoms with van der Waals surface area (Å²) < 4.78 is 1.65. The molecular weight excluding hydrogens is 294 g/mol. The predicted octanol–water partition coefficient (Wildman–Crippen LogP) is -1.41. The van der Waals surface area contributed by atoms with Crippen LogP contribution in [0.15, 0.2) is 4.73 Å². The molecule has 0 aromatic carbocycles. The van der Waals surface area contributed by atoms with Crippen molar-refractivity contribution >= 4 is 33.6 Å². The summed E-state index contributed by atoms with van der Waals surface area (Å²) in [6.45, 7) is -0.166. The smallest absolute Gasteiger partial charge is 0.275 e. The lowest BCUT2D eigenvalue weighted by Gasteiger charge is -2.29. The van der Waals surface area contributed by atoms with Crippen molar-refractivity contribution in [1.29, 1.82) is 0 Å². The third-order valence-corrected chi connectivity index (χ3v) is 3.00. The van der Waals surface area contributed by atoms with E-state index in [9.17, 15) is 14.7 Å². The predicted molar refractivity (Wildman–Crippen MR) is 61.0 cm³/mol. The second kappa shape index (κ2) is 4.00. The maximum absolute atomic E-state index is 11.7. The molecular formula is C8H10BrN5O3. The molecule has 17 heavy (non-hydrogen) atoms. The zero-order valence-electron chi connectivity index (χ0n) is 8.85. The zero-order chi connectivity index (χ0) is 12.7. The van der Waals surface area contributed by atoms with Crippen LogP contribution < -0.4 is 16.0 Å². The number of aliphatic hydroxyl groups is 1. The largest absolute Gasteiger partial charge is 0.368 e. The number of carbonyl (C=O) groups excluding carboxylic acids is 2. The van der Waals surface area contributed by atoms with Crippen molar-refractivity contribution < 1.29 is 14.7 Å². The summed E-state index contributed by atoms with van der Waals surface area (Å²) in [5, 5.41) is 11.8. The Kier molecular flexibility index (Phi) is 2.79. The van der Waals surface area contributed by atoms with Gasteiger partial charge in [-0.2, -0.15) is 0 Å². The number of imidazole rings is 1. The van der Waals surface area contributed by atoms with E-state index < -0.39 is 18.2 Å². The highest BCUT2D eigenvalue weighted by Crippen LogP contribution is 2.27. The monoisotopic (exact) mass is 303 g/mol. The standard InChI is InChI=1S/C8H10BrN5O3/c1-13-5-4(6(16)12-8(13)17)14(2-3(10)15)7(9)11-5/h8,17H,2H2,1H3,(H2,10,15)(H,12,16). The molecule has 0 saturated heterocycles. The van der Waals surface area contributed by atoms with E-state index in [1.54, 1.807) is 7.05 Å². The first-order valence-electron chi connectivity index (χ1n) is 4.68. The van der Waals surface area contributed by atoms with Crippen LogP contribution in [0.5, 0.6) is 0 Å². The number of primary amides is 1. The maximum Gasteiger partial charge on any atom is 0.275 e. The molecule has 2 rings (SSSR count). The van der Waals surface area contributed by atoms with Gasteiger partial charge in [0.1, 0.15) is 6.54 Å². The van der Waals surface area contributed by atoms with Crippen molar-refractivity contribution in [1.82, 2.24) is 14.9 Å². The number of halogens is 1. The van der Waals surface area contributed by atoms with Gasteiger partial charge < -0.3 is 25.6 Å². The first-order valence-corrected chi connectivity index (χ1v) is 5.47. The molecule has 1 aromatic rings. The lowest BCUT2D eigenvalue weighted by atomic mass is 10.3. The Morgan fingerprint density at radius 2 is 2.35 bits per heavy atom. The van der Waals surface area contributed by atoms with E-state index in [2.05, 4.69) is 26.2 Å². The number of amides is 2. The van der Waals surface area contributed by atoms with E-state index in [4.69, 9.17) is 5.73 Å². The van der Waals surface area contributed by atoms with Gasteiger partial charge in [-0.05, 0) is 15.9 Å². The number of aliphatic hydroxyl groups excluding tert-OH is 1. The quantitative estimate of drug-likeness (QED) is 0.621. The number of hydrogen-bond acceptors (Lipinski definition) is 5.